The Balaban J connectivity index is 1.76. The van der Waals surface area contributed by atoms with Crippen LogP contribution < -0.4 is 0 Å². The fourth-order valence-electron chi connectivity index (χ4n) is 3.07. The number of halogens is 2. The first kappa shape index (κ1) is 19.8. The standard InChI is InChI=1S/C21H15ClFN3O4/c22-21-19(26(27)28)18(24-17(25-21)11-14-6-8-15(23)9-7-14)20-16(29-12-30-20)10-13-4-2-1-3-5-13/h1-9H,10-12H2. The van der Waals surface area contributed by atoms with E-state index in [1.807, 2.05) is 30.3 Å². The minimum atomic E-state index is -0.645. The van der Waals surface area contributed by atoms with Gasteiger partial charge in [-0.2, -0.15) is 0 Å². The van der Waals surface area contributed by atoms with E-state index in [1.165, 1.54) is 12.1 Å². The van der Waals surface area contributed by atoms with Crippen LogP contribution in [0.15, 0.2) is 60.4 Å². The molecule has 2 aromatic carbocycles. The van der Waals surface area contributed by atoms with Gasteiger partial charge in [-0.1, -0.05) is 54.1 Å². The highest BCUT2D eigenvalue weighted by Gasteiger charge is 2.32. The second-order valence-electron chi connectivity index (χ2n) is 6.51. The minimum absolute atomic E-state index is 0.0412. The molecule has 0 spiro atoms. The van der Waals surface area contributed by atoms with Crippen LogP contribution in [-0.2, 0) is 22.3 Å². The maximum absolute atomic E-state index is 13.2. The quantitative estimate of drug-likeness (QED) is 0.322. The van der Waals surface area contributed by atoms with Crippen molar-refractivity contribution < 1.29 is 18.8 Å². The molecule has 152 valence electrons. The molecule has 0 N–H and O–H groups in total. The normalized spacial score (nSPS) is 13.1. The van der Waals surface area contributed by atoms with Crippen LogP contribution in [0.5, 0.6) is 0 Å². The van der Waals surface area contributed by atoms with Gasteiger partial charge in [-0.15, -0.1) is 0 Å². The summed E-state index contributed by atoms with van der Waals surface area (Å²) in [7, 11) is 0. The Labute approximate surface area is 175 Å². The zero-order valence-electron chi connectivity index (χ0n) is 15.5. The predicted octanol–water partition coefficient (Wildman–Crippen LogP) is 4.68. The summed E-state index contributed by atoms with van der Waals surface area (Å²) in [6.07, 6.45) is 0.593. The summed E-state index contributed by atoms with van der Waals surface area (Å²) >= 11 is 6.14. The van der Waals surface area contributed by atoms with E-state index in [0.717, 1.165) is 11.1 Å². The van der Waals surface area contributed by atoms with E-state index in [-0.39, 0.29) is 41.5 Å². The van der Waals surface area contributed by atoms with Crippen molar-refractivity contribution in [2.75, 3.05) is 6.79 Å². The molecular weight excluding hydrogens is 413 g/mol. The van der Waals surface area contributed by atoms with Crippen molar-refractivity contribution in [1.29, 1.82) is 0 Å². The average molecular weight is 428 g/mol. The molecule has 1 aliphatic heterocycles. The lowest BCUT2D eigenvalue weighted by Crippen LogP contribution is -2.07. The number of hydrogen-bond acceptors (Lipinski definition) is 6. The average Bonchev–Trinajstić information content (AvgIpc) is 3.18. The number of hydrogen-bond donors (Lipinski definition) is 0. The highest BCUT2D eigenvalue weighted by molar-refractivity contribution is 6.31. The summed E-state index contributed by atoms with van der Waals surface area (Å²) in [5.74, 6) is 0.464. The summed E-state index contributed by atoms with van der Waals surface area (Å²) in [4.78, 5) is 19.4. The number of allylic oxidation sites excluding steroid dienone is 1. The third-order valence-electron chi connectivity index (χ3n) is 4.46. The van der Waals surface area contributed by atoms with Crippen LogP contribution in [-0.4, -0.2) is 21.7 Å². The van der Waals surface area contributed by atoms with Gasteiger partial charge in [0.2, 0.25) is 11.9 Å². The van der Waals surface area contributed by atoms with E-state index in [0.29, 0.717) is 12.2 Å². The van der Waals surface area contributed by atoms with E-state index in [2.05, 4.69) is 9.97 Å². The van der Waals surface area contributed by atoms with Gasteiger partial charge in [0, 0.05) is 12.8 Å². The molecule has 1 aromatic heterocycles. The fraction of sp³-hybridized carbons (Fsp3) is 0.143. The zero-order chi connectivity index (χ0) is 21.1. The van der Waals surface area contributed by atoms with Gasteiger partial charge >= 0.3 is 5.69 Å². The first-order valence-corrected chi connectivity index (χ1v) is 9.37. The number of rotatable bonds is 6. The van der Waals surface area contributed by atoms with Crippen LogP contribution >= 0.6 is 11.6 Å². The molecule has 7 nitrogen and oxygen atoms in total. The van der Waals surface area contributed by atoms with Gasteiger partial charge in [0.05, 0.1) is 4.92 Å². The van der Waals surface area contributed by atoms with Crippen LogP contribution in [0.25, 0.3) is 5.76 Å². The lowest BCUT2D eigenvalue weighted by molar-refractivity contribution is -0.385. The first-order valence-electron chi connectivity index (χ1n) is 8.99. The van der Waals surface area contributed by atoms with Gasteiger partial charge in [0.25, 0.3) is 0 Å². The summed E-state index contributed by atoms with van der Waals surface area (Å²) in [6.45, 7) is -0.0798. The largest absolute Gasteiger partial charge is 0.458 e. The molecule has 1 aliphatic rings. The summed E-state index contributed by atoms with van der Waals surface area (Å²) in [6, 6.07) is 15.3. The third kappa shape index (κ3) is 4.23. The van der Waals surface area contributed by atoms with Gasteiger partial charge < -0.3 is 9.47 Å². The number of nitrogens with zero attached hydrogens (tertiary/aromatic N) is 3. The van der Waals surface area contributed by atoms with Crippen molar-refractivity contribution in [1.82, 2.24) is 9.97 Å². The molecule has 0 unspecified atom stereocenters. The van der Waals surface area contributed by atoms with E-state index in [9.17, 15) is 14.5 Å². The third-order valence-corrected chi connectivity index (χ3v) is 4.72. The fourth-order valence-corrected chi connectivity index (χ4v) is 3.33. The first-order chi connectivity index (χ1) is 14.5. The maximum atomic E-state index is 13.2. The molecule has 2 heterocycles. The van der Waals surface area contributed by atoms with E-state index in [4.69, 9.17) is 21.1 Å². The topological polar surface area (TPSA) is 87.4 Å². The molecule has 0 amide bonds. The molecule has 0 radical (unpaired) electrons. The Bertz CT molecular complexity index is 1120. The smallest absolute Gasteiger partial charge is 0.335 e. The second-order valence-corrected chi connectivity index (χ2v) is 6.87. The van der Waals surface area contributed by atoms with Crippen LogP contribution in [0.2, 0.25) is 5.15 Å². The number of aromatic nitrogens is 2. The van der Waals surface area contributed by atoms with E-state index in [1.54, 1.807) is 12.1 Å². The Morgan fingerprint density at radius 1 is 1.00 bits per heavy atom. The molecular formula is C21H15ClFN3O4. The van der Waals surface area contributed by atoms with Crippen molar-refractivity contribution in [3.8, 4) is 0 Å². The predicted molar refractivity (Wildman–Crippen MR) is 107 cm³/mol. The molecule has 0 aliphatic carbocycles. The lowest BCUT2D eigenvalue weighted by atomic mass is 10.1. The molecule has 0 fully saturated rings. The zero-order valence-corrected chi connectivity index (χ0v) is 16.3. The number of ether oxygens (including phenoxy) is 2. The summed E-state index contributed by atoms with van der Waals surface area (Å²) < 4.78 is 24.3. The van der Waals surface area contributed by atoms with Gasteiger partial charge in [0.15, 0.2) is 11.5 Å². The Morgan fingerprint density at radius 2 is 1.70 bits per heavy atom. The monoisotopic (exact) mass is 427 g/mol. The van der Waals surface area contributed by atoms with Crippen LogP contribution in [0.4, 0.5) is 10.1 Å². The molecule has 4 rings (SSSR count). The van der Waals surface area contributed by atoms with Gasteiger partial charge in [-0.25, -0.2) is 14.4 Å². The highest BCUT2D eigenvalue weighted by atomic mass is 35.5. The van der Waals surface area contributed by atoms with Gasteiger partial charge in [0.1, 0.15) is 17.4 Å². The van der Waals surface area contributed by atoms with Gasteiger partial charge in [-0.3, -0.25) is 10.1 Å². The Kier molecular flexibility index (Phi) is 5.58. The molecule has 0 atom stereocenters. The molecule has 3 aromatic rings. The van der Waals surface area contributed by atoms with E-state index < -0.39 is 10.6 Å². The Hall–Kier alpha value is -3.52. The van der Waals surface area contributed by atoms with Crippen molar-refractivity contribution in [3.05, 3.63) is 104 Å². The van der Waals surface area contributed by atoms with Crippen molar-refractivity contribution >= 4 is 23.0 Å². The van der Waals surface area contributed by atoms with Crippen LogP contribution in [0.1, 0.15) is 22.6 Å². The van der Waals surface area contributed by atoms with Crippen molar-refractivity contribution in [2.45, 2.75) is 12.8 Å². The highest BCUT2D eigenvalue weighted by Crippen LogP contribution is 2.36. The maximum Gasteiger partial charge on any atom is 0.335 e. The SMILES string of the molecule is O=[N+]([O-])c1c(Cl)nc(Cc2ccc(F)cc2)nc1C1=C(Cc2ccccc2)OCO1. The molecule has 0 saturated carbocycles. The lowest BCUT2D eigenvalue weighted by Gasteiger charge is -2.08. The summed E-state index contributed by atoms with van der Waals surface area (Å²) in [5.41, 5.74) is 1.19. The van der Waals surface area contributed by atoms with Crippen molar-refractivity contribution in [3.63, 3.8) is 0 Å². The molecule has 0 saturated heterocycles. The van der Waals surface area contributed by atoms with Crippen LogP contribution in [0, 0.1) is 15.9 Å². The van der Waals surface area contributed by atoms with Crippen LogP contribution in [0.3, 0.4) is 0 Å². The number of nitro groups is 1. The Morgan fingerprint density at radius 3 is 2.40 bits per heavy atom. The van der Waals surface area contributed by atoms with Crippen molar-refractivity contribution in [2.24, 2.45) is 0 Å². The number of benzene rings is 2. The van der Waals surface area contributed by atoms with E-state index >= 15 is 0 Å². The summed E-state index contributed by atoms with van der Waals surface area (Å²) in [5, 5.41) is 11.4. The molecule has 30 heavy (non-hydrogen) atoms. The molecule has 9 heteroatoms. The van der Waals surface area contributed by atoms with Gasteiger partial charge in [-0.05, 0) is 23.3 Å². The second kappa shape index (κ2) is 8.46. The minimum Gasteiger partial charge on any atom is -0.458 e. The molecule has 0 bridgehead atoms.